The van der Waals surface area contributed by atoms with E-state index in [1.165, 1.54) is 12.1 Å². The van der Waals surface area contributed by atoms with Crippen LogP contribution in [0.5, 0.6) is 0 Å². The van der Waals surface area contributed by atoms with Gasteiger partial charge in [-0.15, -0.1) is 0 Å². The van der Waals surface area contributed by atoms with E-state index in [1.807, 2.05) is 7.05 Å². The van der Waals surface area contributed by atoms with Crippen molar-refractivity contribution in [2.45, 2.75) is 25.4 Å². The molecular weight excluding hydrogens is 245 g/mol. The molecule has 104 valence electrons. The number of likely N-dealkylation sites (tertiary alicyclic amines) is 1. The topological polar surface area (TPSA) is 58.4 Å². The van der Waals surface area contributed by atoms with E-state index in [2.05, 4.69) is 10.2 Å². The number of amides is 1. The number of likely N-dealkylation sites (N-methyl/N-ethyl adjacent to an activating group) is 1. The standard InChI is InChI=1S/C14H20FN3O/c1-9-3-4-10(15)7-11(9)14(19)17-13-5-6-18(2)8-12(13)16/h3-4,7,12-13H,5-6,8,16H2,1-2H3,(H,17,19). The zero-order chi connectivity index (χ0) is 14.0. The Balaban J connectivity index is 2.06. The number of nitrogens with two attached hydrogens (primary N) is 1. The fourth-order valence-corrected chi connectivity index (χ4v) is 2.42. The summed E-state index contributed by atoms with van der Waals surface area (Å²) >= 11 is 0. The van der Waals surface area contributed by atoms with Gasteiger partial charge in [0.05, 0.1) is 0 Å². The van der Waals surface area contributed by atoms with Crippen LogP contribution in [-0.4, -0.2) is 43.0 Å². The smallest absolute Gasteiger partial charge is 0.251 e. The third-order valence-electron chi connectivity index (χ3n) is 3.62. The van der Waals surface area contributed by atoms with Crippen LogP contribution in [0, 0.1) is 12.7 Å². The van der Waals surface area contributed by atoms with Gasteiger partial charge in [-0.05, 0) is 44.6 Å². The molecule has 1 aliphatic rings. The molecule has 19 heavy (non-hydrogen) atoms. The fraction of sp³-hybridized carbons (Fsp3) is 0.500. The minimum Gasteiger partial charge on any atom is -0.348 e. The number of benzene rings is 1. The lowest BCUT2D eigenvalue weighted by molar-refractivity contribution is 0.0904. The van der Waals surface area contributed by atoms with Crippen LogP contribution in [0.1, 0.15) is 22.3 Å². The molecule has 5 heteroatoms. The van der Waals surface area contributed by atoms with Gasteiger partial charge < -0.3 is 16.0 Å². The van der Waals surface area contributed by atoms with E-state index < -0.39 is 5.82 Å². The predicted octanol–water partition coefficient (Wildman–Crippen LogP) is 0.895. The van der Waals surface area contributed by atoms with Crippen molar-refractivity contribution in [2.75, 3.05) is 20.1 Å². The van der Waals surface area contributed by atoms with Gasteiger partial charge in [-0.25, -0.2) is 4.39 Å². The van der Waals surface area contributed by atoms with Gasteiger partial charge in [0.2, 0.25) is 0 Å². The summed E-state index contributed by atoms with van der Waals surface area (Å²) in [6, 6.07) is 4.10. The Morgan fingerprint density at radius 3 is 2.95 bits per heavy atom. The van der Waals surface area contributed by atoms with Gasteiger partial charge in [0.1, 0.15) is 5.82 Å². The van der Waals surface area contributed by atoms with Gasteiger partial charge in [0.15, 0.2) is 0 Å². The predicted molar refractivity (Wildman–Crippen MR) is 72.5 cm³/mol. The molecule has 0 radical (unpaired) electrons. The van der Waals surface area contributed by atoms with Gasteiger partial charge in [-0.3, -0.25) is 4.79 Å². The van der Waals surface area contributed by atoms with Crippen molar-refractivity contribution in [1.82, 2.24) is 10.2 Å². The second-order valence-electron chi connectivity index (χ2n) is 5.25. The first-order chi connectivity index (χ1) is 8.97. The maximum Gasteiger partial charge on any atom is 0.251 e. The Hall–Kier alpha value is -1.46. The first kappa shape index (κ1) is 14.0. The lowest BCUT2D eigenvalue weighted by atomic mass is 9.99. The average Bonchev–Trinajstić information content (AvgIpc) is 2.35. The molecule has 0 aliphatic carbocycles. The van der Waals surface area contributed by atoms with Gasteiger partial charge in [0.25, 0.3) is 5.91 Å². The summed E-state index contributed by atoms with van der Waals surface area (Å²) in [7, 11) is 2.01. The largest absolute Gasteiger partial charge is 0.348 e. The van der Waals surface area contributed by atoms with E-state index in [9.17, 15) is 9.18 Å². The van der Waals surface area contributed by atoms with Crippen molar-refractivity contribution < 1.29 is 9.18 Å². The van der Waals surface area contributed by atoms with Crippen LogP contribution in [0.4, 0.5) is 4.39 Å². The minimum atomic E-state index is -0.400. The highest BCUT2D eigenvalue weighted by Crippen LogP contribution is 2.13. The van der Waals surface area contributed by atoms with Crippen LogP contribution < -0.4 is 11.1 Å². The summed E-state index contributed by atoms with van der Waals surface area (Å²) in [6.45, 7) is 3.46. The molecule has 3 N–H and O–H groups in total. The molecule has 1 aliphatic heterocycles. The van der Waals surface area contributed by atoms with Gasteiger partial charge >= 0.3 is 0 Å². The fourth-order valence-electron chi connectivity index (χ4n) is 2.42. The number of halogens is 1. The maximum absolute atomic E-state index is 13.2. The SMILES string of the molecule is Cc1ccc(F)cc1C(=O)NC1CCN(C)CC1N. The molecule has 2 atom stereocenters. The summed E-state index contributed by atoms with van der Waals surface area (Å²) in [4.78, 5) is 14.3. The van der Waals surface area contributed by atoms with E-state index in [-0.39, 0.29) is 18.0 Å². The molecule has 0 saturated carbocycles. The Bertz CT molecular complexity index is 478. The molecule has 1 saturated heterocycles. The third-order valence-corrected chi connectivity index (χ3v) is 3.62. The molecule has 0 bridgehead atoms. The highest BCUT2D eigenvalue weighted by atomic mass is 19.1. The Morgan fingerprint density at radius 1 is 1.53 bits per heavy atom. The summed E-state index contributed by atoms with van der Waals surface area (Å²) in [5.74, 6) is -0.648. The number of hydrogen-bond donors (Lipinski definition) is 2. The highest BCUT2D eigenvalue weighted by Gasteiger charge is 2.26. The Morgan fingerprint density at radius 2 is 2.26 bits per heavy atom. The number of carbonyl (C=O) groups excluding carboxylic acids is 1. The summed E-state index contributed by atoms with van der Waals surface area (Å²) in [5, 5.41) is 2.92. The van der Waals surface area contributed by atoms with E-state index in [1.54, 1.807) is 13.0 Å². The number of nitrogens with one attached hydrogen (secondary N) is 1. The lowest BCUT2D eigenvalue weighted by Gasteiger charge is -2.35. The zero-order valence-electron chi connectivity index (χ0n) is 11.3. The van der Waals surface area contributed by atoms with Gasteiger partial charge in [-0.1, -0.05) is 6.07 Å². The first-order valence-electron chi connectivity index (χ1n) is 6.48. The molecule has 1 heterocycles. The van der Waals surface area contributed by atoms with Crippen molar-refractivity contribution >= 4 is 5.91 Å². The molecular formula is C14H20FN3O. The molecule has 1 amide bonds. The molecule has 1 aromatic rings. The van der Waals surface area contributed by atoms with E-state index in [0.29, 0.717) is 5.56 Å². The minimum absolute atomic E-state index is 0.0497. The highest BCUT2D eigenvalue weighted by molar-refractivity contribution is 5.95. The van der Waals surface area contributed by atoms with E-state index in [4.69, 9.17) is 5.73 Å². The molecule has 0 aromatic heterocycles. The molecule has 4 nitrogen and oxygen atoms in total. The van der Waals surface area contributed by atoms with Crippen molar-refractivity contribution in [3.8, 4) is 0 Å². The van der Waals surface area contributed by atoms with E-state index >= 15 is 0 Å². The zero-order valence-corrected chi connectivity index (χ0v) is 11.3. The molecule has 2 unspecified atom stereocenters. The third kappa shape index (κ3) is 3.30. The van der Waals surface area contributed by atoms with Crippen molar-refractivity contribution in [3.05, 3.63) is 35.1 Å². The summed E-state index contributed by atoms with van der Waals surface area (Å²) < 4.78 is 13.2. The lowest BCUT2D eigenvalue weighted by Crippen LogP contribution is -2.57. The Kier molecular flexibility index (Phi) is 4.17. The number of rotatable bonds is 2. The second kappa shape index (κ2) is 5.67. The quantitative estimate of drug-likeness (QED) is 0.835. The van der Waals surface area contributed by atoms with Crippen LogP contribution in [0.2, 0.25) is 0 Å². The van der Waals surface area contributed by atoms with Gasteiger partial charge in [-0.2, -0.15) is 0 Å². The monoisotopic (exact) mass is 265 g/mol. The van der Waals surface area contributed by atoms with E-state index in [0.717, 1.165) is 25.1 Å². The van der Waals surface area contributed by atoms with Crippen molar-refractivity contribution in [3.63, 3.8) is 0 Å². The first-order valence-corrected chi connectivity index (χ1v) is 6.48. The van der Waals surface area contributed by atoms with Crippen LogP contribution in [0.3, 0.4) is 0 Å². The molecule has 1 aromatic carbocycles. The molecule has 1 fully saturated rings. The maximum atomic E-state index is 13.2. The molecule has 2 rings (SSSR count). The van der Waals surface area contributed by atoms with Crippen molar-refractivity contribution in [2.24, 2.45) is 5.73 Å². The number of piperidine rings is 1. The summed E-state index contributed by atoms with van der Waals surface area (Å²) in [5.41, 5.74) is 7.18. The number of aryl methyl sites for hydroxylation is 1. The second-order valence-corrected chi connectivity index (χ2v) is 5.25. The van der Waals surface area contributed by atoms with Crippen LogP contribution >= 0.6 is 0 Å². The van der Waals surface area contributed by atoms with Crippen LogP contribution in [0.25, 0.3) is 0 Å². The average molecular weight is 265 g/mol. The number of hydrogen-bond acceptors (Lipinski definition) is 3. The van der Waals surface area contributed by atoms with Crippen LogP contribution in [-0.2, 0) is 0 Å². The number of nitrogens with zero attached hydrogens (tertiary/aromatic N) is 1. The summed E-state index contributed by atoms with van der Waals surface area (Å²) in [6.07, 6.45) is 0.817. The van der Waals surface area contributed by atoms with Crippen LogP contribution in [0.15, 0.2) is 18.2 Å². The van der Waals surface area contributed by atoms with Crippen molar-refractivity contribution in [1.29, 1.82) is 0 Å². The normalized spacial score (nSPS) is 24.2. The molecule has 0 spiro atoms. The van der Waals surface area contributed by atoms with Gasteiger partial charge in [0, 0.05) is 24.2 Å². The number of carbonyl (C=O) groups is 1. The Labute approximate surface area is 112 Å².